The molecule has 7 heteroatoms. The summed E-state index contributed by atoms with van der Waals surface area (Å²) in [5.41, 5.74) is 1.76. The minimum atomic E-state index is -0.560. The summed E-state index contributed by atoms with van der Waals surface area (Å²) in [6, 6.07) is 9.81. The fourth-order valence-corrected chi connectivity index (χ4v) is 3.48. The highest BCUT2D eigenvalue weighted by atomic mass is 19.1. The summed E-state index contributed by atoms with van der Waals surface area (Å²) in [5, 5.41) is 2.51. The topological polar surface area (TPSA) is 52.7 Å². The number of nitrogens with zero attached hydrogens (tertiary/aromatic N) is 2. The quantitative estimate of drug-likeness (QED) is 0.648. The first kappa shape index (κ1) is 18.2. The van der Waals surface area contributed by atoms with E-state index in [9.17, 15) is 18.4 Å². The van der Waals surface area contributed by atoms with Crippen LogP contribution in [0.5, 0.6) is 0 Å². The molecule has 0 saturated carbocycles. The van der Waals surface area contributed by atoms with Gasteiger partial charge in [-0.15, -0.1) is 0 Å². The van der Waals surface area contributed by atoms with Crippen molar-refractivity contribution in [3.8, 4) is 0 Å². The molecule has 2 aromatic rings. The Morgan fingerprint density at radius 3 is 2.39 bits per heavy atom. The number of benzene rings is 2. The fourth-order valence-electron chi connectivity index (χ4n) is 3.48. The lowest BCUT2D eigenvalue weighted by atomic mass is 10.1. The number of carbonyl (C=O) groups is 2. The van der Waals surface area contributed by atoms with Crippen molar-refractivity contribution in [2.75, 3.05) is 18.0 Å². The molecule has 0 aliphatic carbocycles. The van der Waals surface area contributed by atoms with E-state index in [1.54, 1.807) is 12.1 Å². The molecule has 2 aliphatic rings. The zero-order valence-electron chi connectivity index (χ0n) is 15.1. The van der Waals surface area contributed by atoms with Gasteiger partial charge in [0, 0.05) is 13.1 Å². The smallest absolute Gasteiger partial charge is 0.329 e. The van der Waals surface area contributed by atoms with Crippen LogP contribution in [-0.4, -0.2) is 29.9 Å². The Balaban J connectivity index is 1.52. The monoisotopic (exact) mass is 383 g/mol. The Kier molecular flexibility index (Phi) is 4.81. The maximum absolute atomic E-state index is 14.5. The maximum atomic E-state index is 14.5. The van der Waals surface area contributed by atoms with Crippen LogP contribution in [0.4, 0.5) is 19.3 Å². The lowest BCUT2D eigenvalue weighted by Gasteiger charge is -2.18. The Labute approximate surface area is 161 Å². The number of imide groups is 1. The summed E-state index contributed by atoms with van der Waals surface area (Å²) in [4.78, 5) is 27.7. The van der Waals surface area contributed by atoms with Crippen LogP contribution < -0.4 is 10.2 Å². The van der Waals surface area contributed by atoms with Gasteiger partial charge in [-0.2, -0.15) is 0 Å². The van der Waals surface area contributed by atoms with E-state index in [0.717, 1.165) is 30.8 Å². The molecular formula is C21H19F2N3O2. The zero-order chi connectivity index (χ0) is 19.7. The molecule has 28 heavy (non-hydrogen) atoms. The first-order chi connectivity index (χ1) is 13.5. The van der Waals surface area contributed by atoms with Crippen molar-refractivity contribution in [3.05, 3.63) is 70.9 Å². The van der Waals surface area contributed by atoms with Gasteiger partial charge in [-0.05, 0) is 54.3 Å². The molecule has 2 fully saturated rings. The van der Waals surface area contributed by atoms with Crippen molar-refractivity contribution in [2.24, 2.45) is 0 Å². The summed E-state index contributed by atoms with van der Waals surface area (Å²) in [6.45, 7) is 1.71. The number of halogens is 2. The Hall–Kier alpha value is -3.22. The predicted octanol–water partition coefficient (Wildman–Crippen LogP) is 3.66. The zero-order valence-corrected chi connectivity index (χ0v) is 15.1. The van der Waals surface area contributed by atoms with Crippen molar-refractivity contribution in [2.45, 2.75) is 19.4 Å². The molecule has 0 radical (unpaired) electrons. The Bertz CT molecular complexity index is 951. The minimum Gasteiger partial charge on any atom is -0.369 e. The van der Waals surface area contributed by atoms with Crippen molar-refractivity contribution < 1.29 is 18.4 Å². The number of hydrogen-bond acceptors (Lipinski definition) is 3. The number of rotatable bonds is 4. The summed E-state index contributed by atoms with van der Waals surface area (Å²) in [7, 11) is 0. The highest BCUT2D eigenvalue weighted by Crippen LogP contribution is 2.26. The second-order valence-electron chi connectivity index (χ2n) is 6.91. The third-order valence-corrected chi connectivity index (χ3v) is 4.95. The van der Waals surface area contributed by atoms with Crippen LogP contribution >= 0.6 is 0 Å². The summed E-state index contributed by atoms with van der Waals surface area (Å²) in [6.07, 6.45) is 3.56. The van der Waals surface area contributed by atoms with E-state index in [0.29, 0.717) is 16.8 Å². The van der Waals surface area contributed by atoms with Gasteiger partial charge in [0.1, 0.15) is 17.3 Å². The van der Waals surface area contributed by atoms with E-state index in [1.165, 1.54) is 36.4 Å². The molecule has 0 spiro atoms. The van der Waals surface area contributed by atoms with E-state index in [2.05, 4.69) is 5.32 Å². The molecule has 1 N–H and O–H groups in total. The van der Waals surface area contributed by atoms with E-state index >= 15 is 0 Å². The van der Waals surface area contributed by atoms with E-state index in [1.807, 2.05) is 4.90 Å². The van der Waals surface area contributed by atoms with E-state index in [4.69, 9.17) is 0 Å². The normalized spacial score (nSPS) is 18.3. The van der Waals surface area contributed by atoms with Gasteiger partial charge in [0.25, 0.3) is 5.91 Å². The second-order valence-corrected chi connectivity index (χ2v) is 6.91. The lowest BCUT2D eigenvalue weighted by molar-refractivity contribution is -0.123. The molecule has 5 nitrogen and oxygen atoms in total. The Morgan fingerprint density at radius 2 is 1.71 bits per heavy atom. The maximum Gasteiger partial charge on any atom is 0.329 e. The standard InChI is InChI=1S/C21H19F2N3O2/c22-16-6-3-14(4-7-16)13-26-20(27)18(24-21(26)28)12-15-5-8-19(17(23)11-15)25-9-1-2-10-25/h3-8,11-12H,1-2,9-10,13H2,(H,24,28)/b18-12+. The van der Waals surface area contributed by atoms with Crippen LogP contribution in [0.25, 0.3) is 6.08 Å². The van der Waals surface area contributed by atoms with E-state index < -0.39 is 11.9 Å². The highest BCUT2D eigenvalue weighted by molar-refractivity contribution is 6.13. The molecule has 2 aliphatic heterocycles. The van der Waals surface area contributed by atoms with Crippen molar-refractivity contribution in [1.29, 1.82) is 0 Å². The SMILES string of the molecule is O=C1N/C(=C/c2ccc(N3CCCC3)c(F)c2)C(=O)N1Cc1ccc(F)cc1. The van der Waals surface area contributed by atoms with Gasteiger partial charge >= 0.3 is 6.03 Å². The van der Waals surface area contributed by atoms with Crippen LogP contribution in [0.1, 0.15) is 24.0 Å². The Morgan fingerprint density at radius 1 is 1.00 bits per heavy atom. The fraction of sp³-hybridized carbons (Fsp3) is 0.238. The second kappa shape index (κ2) is 7.42. The van der Waals surface area contributed by atoms with Gasteiger partial charge in [-0.3, -0.25) is 9.69 Å². The van der Waals surface area contributed by atoms with E-state index in [-0.39, 0.29) is 23.9 Å². The molecule has 2 heterocycles. The molecule has 0 bridgehead atoms. The summed E-state index contributed by atoms with van der Waals surface area (Å²) >= 11 is 0. The molecule has 4 rings (SSSR count). The van der Waals surface area contributed by atoms with Crippen LogP contribution in [0.15, 0.2) is 48.2 Å². The van der Waals surface area contributed by atoms with Crippen LogP contribution in [0.3, 0.4) is 0 Å². The van der Waals surface area contributed by atoms with Gasteiger partial charge < -0.3 is 10.2 Å². The van der Waals surface area contributed by atoms with Crippen molar-refractivity contribution >= 4 is 23.7 Å². The average molecular weight is 383 g/mol. The van der Waals surface area contributed by atoms with Crippen molar-refractivity contribution in [3.63, 3.8) is 0 Å². The average Bonchev–Trinajstić information content (AvgIpc) is 3.28. The van der Waals surface area contributed by atoms with Crippen molar-refractivity contribution in [1.82, 2.24) is 10.2 Å². The lowest BCUT2D eigenvalue weighted by Crippen LogP contribution is -2.30. The van der Waals surface area contributed by atoms with Crippen LogP contribution in [0, 0.1) is 11.6 Å². The molecule has 0 aromatic heterocycles. The third-order valence-electron chi connectivity index (χ3n) is 4.95. The number of urea groups is 1. The molecule has 2 aromatic carbocycles. The summed E-state index contributed by atoms with van der Waals surface area (Å²) < 4.78 is 27.5. The van der Waals surface area contributed by atoms with Gasteiger partial charge in [0.2, 0.25) is 0 Å². The van der Waals surface area contributed by atoms with Crippen LogP contribution in [-0.2, 0) is 11.3 Å². The third kappa shape index (κ3) is 3.60. The molecule has 0 atom stereocenters. The number of anilines is 1. The molecule has 0 unspecified atom stereocenters. The van der Waals surface area contributed by atoms with Gasteiger partial charge in [-0.25, -0.2) is 13.6 Å². The largest absolute Gasteiger partial charge is 0.369 e. The van der Waals surface area contributed by atoms with Crippen LogP contribution in [0.2, 0.25) is 0 Å². The summed E-state index contributed by atoms with van der Waals surface area (Å²) in [5.74, 6) is -1.24. The number of hydrogen-bond donors (Lipinski definition) is 1. The number of nitrogens with one attached hydrogen (secondary N) is 1. The van der Waals surface area contributed by atoms with Gasteiger partial charge in [0.15, 0.2) is 0 Å². The number of amides is 3. The predicted molar refractivity (Wildman–Crippen MR) is 101 cm³/mol. The van der Waals surface area contributed by atoms with Gasteiger partial charge in [-0.1, -0.05) is 18.2 Å². The first-order valence-electron chi connectivity index (χ1n) is 9.15. The molecular weight excluding hydrogens is 364 g/mol. The highest BCUT2D eigenvalue weighted by Gasteiger charge is 2.33. The first-order valence-corrected chi connectivity index (χ1v) is 9.15. The molecule has 3 amide bonds. The molecule has 2 saturated heterocycles. The van der Waals surface area contributed by atoms with Gasteiger partial charge in [0.05, 0.1) is 12.2 Å². The minimum absolute atomic E-state index is 0.0323. The number of carbonyl (C=O) groups excluding carboxylic acids is 2. The molecule has 144 valence electrons.